The minimum absolute atomic E-state index is 0.405. The van der Waals surface area contributed by atoms with E-state index < -0.39 is 50.4 Å². The summed E-state index contributed by atoms with van der Waals surface area (Å²) in [6.07, 6.45) is -4.17. The fourth-order valence-corrected chi connectivity index (χ4v) is 2.05. The molecule has 0 fully saturated rings. The number of aromatic nitrogens is 2. The summed E-state index contributed by atoms with van der Waals surface area (Å²) < 4.78 is 58.1. The van der Waals surface area contributed by atoms with E-state index in [-0.39, 0.29) is 0 Å². The molecule has 0 unspecified atom stereocenters. The zero-order valence-electron chi connectivity index (χ0n) is 9.90. The van der Waals surface area contributed by atoms with Gasteiger partial charge in [-0.15, -0.1) is 0 Å². The van der Waals surface area contributed by atoms with Crippen molar-refractivity contribution < 1.29 is 26.4 Å². The van der Waals surface area contributed by atoms with Gasteiger partial charge in [-0.05, 0) is 0 Å². The second kappa shape index (κ2) is 5.89. The van der Waals surface area contributed by atoms with E-state index >= 15 is 0 Å². The van der Waals surface area contributed by atoms with Gasteiger partial charge in [0.1, 0.15) is 13.1 Å². The van der Waals surface area contributed by atoms with Gasteiger partial charge in [-0.2, -0.15) is 13.2 Å². The molecule has 0 atom stereocenters. The summed E-state index contributed by atoms with van der Waals surface area (Å²) in [5, 5.41) is 1.47. The van der Waals surface area contributed by atoms with E-state index in [9.17, 15) is 36.0 Å². The van der Waals surface area contributed by atoms with E-state index in [1.54, 1.807) is 4.98 Å². The van der Waals surface area contributed by atoms with E-state index in [1.165, 1.54) is 5.32 Å². The molecule has 2 N–H and O–H groups in total. The van der Waals surface area contributed by atoms with Crippen molar-refractivity contribution in [2.24, 2.45) is 0 Å². The van der Waals surface area contributed by atoms with Crippen LogP contribution in [0.5, 0.6) is 0 Å². The molecule has 0 aliphatic carbocycles. The SMILES string of the molecule is O=C(Cn1cc(S(=O)(=O)Cl)c(=O)[nH]c1=O)NCC(F)(F)F. The van der Waals surface area contributed by atoms with Crippen molar-refractivity contribution >= 4 is 25.6 Å². The molecule has 21 heavy (non-hydrogen) atoms. The Morgan fingerprint density at radius 1 is 1.38 bits per heavy atom. The lowest BCUT2D eigenvalue weighted by Gasteiger charge is -2.09. The smallest absolute Gasteiger partial charge is 0.345 e. The van der Waals surface area contributed by atoms with Crippen LogP contribution in [0.3, 0.4) is 0 Å². The third-order valence-electron chi connectivity index (χ3n) is 2.04. The predicted octanol–water partition coefficient (Wildman–Crippen LogP) is -0.857. The van der Waals surface area contributed by atoms with Crippen molar-refractivity contribution in [1.29, 1.82) is 0 Å². The molecule has 0 spiro atoms. The Morgan fingerprint density at radius 2 is 1.95 bits per heavy atom. The fraction of sp³-hybridized carbons (Fsp3) is 0.375. The first-order valence-corrected chi connectivity index (χ1v) is 7.33. The molecule has 1 heterocycles. The van der Waals surface area contributed by atoms with Crippen LogP contribution in [0.25, 0.3) is 0 Å². The summed E-state index contributed by atoms with van der Waals surface area (Å²) in [6.45, 7) is -2.55. The average Bonchev–Trinajstić information content (AvgIpc) is 2.27. The molecule has 0 aliphatic heterocycles. The number of amides is 1. The number of nitrogens with zero attached hydrogens (tertiary/aromatic N) is 1. The van der Waals surface area contributed by atoms with Gasteiger partial charge < -0.3 is 5.32 Å². The Bertz CT molecular complexity index is 767. The van der Waals surface area contributed by atoms with Crippen LogP contribution in [0.15, 0.2) is 20.7 Å². The summed E-state index contributed by atoms with van der Waals surface area (Å²) >= 11 is 0. The first-order valence-electron chi connectivity index (χ1n) is 5.02. The molecular formula is C8H7ClF3N3O5S. The molecule has 1 aromatic rings. The molecule has 0 aromatic carbocycles. The van der Waals surface area contributed by atoms with Gasteiger partial charge in [0.25, 0.3) is 14.6 Å². The van der Waals surface area contributed by atoms with Crippen LogP contribution >= 0.6 is 10.7 Å². The highest BCUT2D eigenvalue weighted by molar-refractivity contribution is 8.13. The molecule has 0 saturated carbocycles. The van der Waals surface area contributed by atoms with Crippen molar-refractivity contribution in [3.8, 4) is 0 Å². The van der Waals surface area contributed by atoms with Gasteiger partial charge in [0.15, 0.2) is 4.90 Å². The van der Waals surface area contributed by atoms with Crippen LogP contribution in [0.2, 0.25) is 0 Å². The molecule has 1 rings (SSSR count). The number of alkyl halides is 3. The van der Waals surface area contributed by atoms with Gasteiger partial charge in [0, 0.05) is 16.9 Å². The maximum Gasteiger partial charge on any atom is 0.405 e. The van der Waals surface area contributed by atoms with Gasteiger partial charge in [0.2, 0.25) is 5.91 Å². The van der Waals surface area contributed by atoms with Crippen molar-refractivity contribution in [2.45, 2.75) is 17.6 Å². The molecular weight excluding hydrogens is 343 g/mol. The van der Waals surface area contributed by atoms with Crippen LogP contribution in [-0.2, 0) is 20.4 Å². The van der Waals surface area contributed by atoms with Gasteiger partial charge in [0.05, 0.1) is 0 Å². The molecule has 1 aromatic heterocycles. The van der Waals surface area contributed by atoms with Crippen LogP contribution < -0.4 is 16.6 Å². The number of aromatic amines is 1. The van der Waals surface area contributed by atoms with Crippen LogP contribution in [0.1, 0.15) is 0 Å². The number of hydrogen-bond acceptors (Lipinski definition) is 5. The number of hydrogen-bond donors (Lipinski definition) is 2. The normalized spacial score (nSPS) is 12.2. The Balaban J connectivity index is 3.02. The van der Waals surface area contributed by atoms with E-state index in [1.807, 2.05) is 0 Å². The average molecular weight is 350 g/mol. The summed E-state index contributed by atoms with van der Waals surface area (Å²) in [7, 11) is 0.446. The molecule has 8 nitrogen and oxygen atoms in total. The first-order chi connectivity index (χ1) is 9.40. The van der Waals surface area contributed by atoms with Crippen LogP contribution in [0.4, 0.5) is 13.2 Å². The third-order valence-corrected chi connectivity index (χ3v) is 3.36. The van der Waals surface area contributed by atoms with Crippen LogP contribution in [0, 0.1) is 0 Å². The highest BCUT2D eigenvalue weighted by Crippen LogP contribution is 2.12. The predicted molar refractivity (Wildman–Crippen MR) is 63.4 cm³/mol. The summed E-state index contributed by atoms with van der Waals surface area (Å²) in [5.74, 6) is -1.21. The first kappa shape index (κ1) is 17.2. The van der Waals surface area contributed by atoms with Crippen molar-refractivity contribution in [3.63, 3.8) is 0 Å². The number of H-pyrrole nitrogens is 1. The molecule has 0 radical (unpaired) electrons. The van der Waals surface area contributed by atoms with Gasteiger partial charge >= 0.3 is 11.9 Å². The number of halogens is 4. The third kappa shape index (κ3) is 5.23. The molecule has 118 valence electrons. The quantitative estimate of drug-likeness (QED) is 0.686. The number of nitrogens with one attached hydrogen (secondary N) is 2. The van der Waals surface area contributed by atoms with Crippen LogP contribution in [-0.4, -0.2) is 36.6 Å². The second-order valence-corrected chi connectivity index (χ2v) is 6.24. The molecule has 1 amide bonds. The fourth-order valence-electron chi connectivity index (χ4n) is 1.19. The van der Waals surface area contributed by atoms with E-state index in [0.29, 0.717) is 10.8 Å². The second-order valence-electron chi connectivity index (χ2n) is 3.71. The minimum atomic E-state index is -4.64. The number of carbonyl (C=O) groups is 1. The summed E-state index contributed by atoms with van der Waals surface area (Å²) in [4.78, 5) is 34.3. The van der Waals surface area contributed by atoms with Gasteiger partial charge in [-0.3, -0.25) is 19.1 Å². The Hall–Kier alpha value is -1.82. The standard InChI is InChI=1S/C8H7ClF3N3O5S/c9-21(19,20)4-1-15(7(18)14-6(4)17)2-5(16)13-3-8(10,11)12/h1H,2-3H2,(H,13,16)(H,14,17,18). The Kier molecular flexibility index (Phi) is 4.83. The zero-order chi connectivity index (χ0) is 16.4. The lowest BCUT2D eigenvalue weighted by atomic mass is 10.5. The van der Waals surface area contributed by atoms with E-state index in [0.717, 1.165) is 0 Å². The molecule has 0 aliphatic rings. The number of rotatable bonds is 4. The zero-order valence-corrected chi connectivity index (χ0v) is 11.5. The summed E-state index contributed by atoms with van der Waals surface area (Å²) in [6, 6.07) is 0. The molecule has 0 bridgehead atoms. The van der Waals surface area contributed by atoms with E-state index in [2.05, 4.69) is 0 Å². The maximum absolute atomic E-state index is 11.9. The van der Waals surface area contributed by atoms with Crippen molar-refractivity contribution in [1.82, 2.24) is 14.9 Å². The van der Waals surface area contributed by atoms with Crippen molar-refractivity contribution in [2.75, 3.05) is 6.54 Å². The minimum Gasteiger partial charge on any atom is -0.345 e. The largest absolute Gasteiger partial charge is 0.405 e. The monoisotopic (exact) mass is 349 g/mol. The topological polar surface area (TPSA) is 118 Å². The Labute approximate surface area is 119 Å². The van der Waals surface area contributed by atoms with Crippen molar-refractivity contribution in [3.05, 3.63) is 27.0 Å². The highest BCUT2D eigenvalue weighted by atomic mass is 35.7. The summed E-state index contributed by atoms with van der Waals surface area (Å²) in [5.41, 5.74) is -2.48. The Morgan fingerprint density at radius 3 is 2.43 bits per heavy atom. The van der Waals surface area contributed by atoms with E-state index in [4.69, 9.17) is 10.7 Å². The lowest BCUT2D eigenvalue weighted by molar-refractivity contribution is -0.138. The molecule has 0 saturated heterocycles. The van der Waals surface area contributed by atoms with Gasteiger partial charge in [-0.1, -0.05) is 0 Å². The highest BCUT2D eigenvalue weighted by Gasteiger charge is 2.27. The maximum atomic E-state index is 11.9. The molecule has 13 heteroatoms. The number of carbonyl (C=O) groups excluding carboxylic acids is 1. The lowest BCUT2D eigenvalue weighted by Crippen LogP contribution is -2.40. The van der Waals surface area contributed by atoms with Gasteiger partial charge in [-0.25, -0.2) is 13.2 Å².